The number of hydrogen-bond donors (Lipinski definition) is 0. The molecule has 0 saturated carbocycles. The van der Waals surface area contributed by atoms with Gasteiger partial charge in [0.25, 0.3) is 0 Å². The van der Waals surface area contributed by atoms with Crippen LogP contribution in [0.5, 0.6) is 0 Å². The molecular formula is C13H24O2. The SMILES string of the molecule is CCCCC(CCCCC(C)=O)C(C)=O. The van der Waals surface area contributed by atoms with Crippen molar-refractivity contribution in [1.29, 1.82) is 0 Å². The van der Waals surface area contributed by atoms with E-state index in [4.69, 9.17) is 0 Å². The molecule has 0 radical (unpaired) electrons. The number of carbonyl (C=O) groups excluding carboxylic acids is 2. The molecule has 15 heavy (non-hydrogen) atoms. The number of ketones is 2. The van der Waals surface area contributed by atoms with E-state index in [9.17, 15) is 9.59 Å². The number of carbonyl (C=O) groups is 2. The maximum atomic E-state index is 11.3. The maximum Gasteiger partial charge on any atom is 0.132 e. The normalized spacial score (nSPS) is 12.5. The van der Waals surface area contributed by atoms with Gasteiger partial charge in [-0.05, 0) is 33.1 Å². The van der Waals surface area contributed by atoms with Crippen LogP contribution in [0.2, 0.25) is 0 Å². The highest BCUT2D eigenvalue weighted by Crippen LogP contribution is 2.17. The number of unbranched alkanes of at least 4 members (excludes halogenated alkanes) is 2. The molecule has 1 unspecified atom stereocenters. The zero-order chi connectivity index (χ0) is 11.7. The second kappa shape index (κ2) is 8.63. The van der Waals surface area contributed by atoms with Gasteiger partial charge in [-0.3, -0.25) is 4.79 Å². The van der Waals surface area contributed by atoms with Crippen LogP contribution >= 0.6 is 0 Å². The Balaban J connectivity index is 3.66. The zero-order valence-corrected chi connectivity index (χ0v) is 10.3. The predicted octanol–water partition coefficient (Wildman–Crippen LogP) is 3.53. The van der Waals surface area contributed by atoms with Gasteiger partial charge < -0.3 is 4.79 Å². The predicted molar refractivity (Wildman–Crippen MR) is 62.8 cm³/mol. The fourth-order valence-electron chi connectivity index (χ4n) is 1.77. The second-order valence-electron chi connectivity index (χ2n) is 4.40. The van der Waals surface area contributed by atoms with Gasteiger partial charge in [0.1, 0.15) is 11.6 Å². The Hall–Kier alpha value is -0.660. The molecule has 0 spiro atoms. The van der Waals surface area contributed by atoms with Crippen LogP contribution in [0.25, 0.3) is 0 Å². The van der Waals surface area contributed by atoms with Gasteiger partial charge in [-0.25, -0.2) is 0 Å². The number of Topliss-reactive ketones (excluding diaryl/α,β-unsaturated/α-hetero) is 2. The van der Waals surface area contributed by atoms with Gasteiger partial charge in [-0.15, -0.1) is 0 Å². The monoisotopic (exact) mass is 212 g/mol. The van der Waals surface area contributed by atoms with E-state index in [0.29, 0.717) is 12.2 Å². The van der Waals surface area contributed by atoms with Gasteiger partial charge in [0.15, 0.2) is 0 Å². The summed E-state index contributed by atoms with van der Waals surface area (Å²) in [6.45, 7) is 5.46. The summed E-state index contributed by atoms with van der Waals surface area (Å²) in [5, 5.41) is 0. The van der Waals surface area contributed by atoms with Crippen molar-refractivity contribution >= 4 is 11.6 Å². The van der Waals surface area contributed by atoms with Crippen molar-refractivity contribution in [2.75, 3.05) is 0 Å². The van der Waals surface area contributed by atoms with Gasteiger partial charge in [-0.1, -0.05) is 26.2 Å². The minimum Gasteiger partial charge on any atom is -0.300 e. The molecular weight excluding hydrogens is 188 g/mol. The van der Waals surface area contributed by atoms with Crippen molar-refractivity contribution in [1.82, 2.24) is 0 Å². The average molecular weight is 212 g/mol. The molecule has 0 aliphatic carbocycles. The molecule has 2 nitrogen and oxygen atoms in total. The summed E-state index contributed by atoms with van der Waals surface area (Å²) >= 11 is 0. The van der Waals surface area contributed by atoms with Crippen molar-refractivity contribution in [2.24, 2.45) is 5.92 Å². The average Bonchev–Trinajstić information content (AvgIpc) is 2.15. The molecule has 0 amide bonds. The van der Waals surface area contributed by atoms with Gasteiger partial charge in [0.2, 0.25) is 0 Å². The Morgan fingerprint density at radius 3 is 2.07 bits per heavy atom. The van der Waals surface area contributed by atoms with Gasteiger partial charge in [0, 0.05) is 12.3 Å². The van der Waals surface area contributed by atoms with E-state index < -0.39 is 0 Å². The van der Waals surface area contributed by atoms with E-state index in [-0.39, 0.29) is 11.7 Å². The molecule has 88 valence electrons. The standard InChI is InChI=1S/C13H24O2/c1-4-5-9-13(12(3)15)10-7-6-8-11(2)14/h13H,4-10H2,1-3H3. The van der Waals surface area contributed by atoms with Gasteiger partial charge in [0.05, 0.1) is 0 Å². The third kappa shape index (κ3) is 8.34. The van der Waals surface area contributed by atoms with Crippen molar-refractivity contribution in [3.05, 3.63) is 0 Å². The minimum absolute atomic E-state index is 0.233. The van der Waals surface area contributed by atoms with Crippen molar-refractivity contribution in [3.63, 3.8) is 0 Å². The molecule has 0 fully saturated rings. The summed E-state index contributed by atoms with van der Waals surface area (Å²) < 4.78 is 0. The molecule has 0 bridgehead atoms. The molecule has 0 saturated heterocycles. The fourth-order valence-corrected chi connectivity index (χ4v) is 1.77. The summed E-state index contributed by atoms with van der Waals surface area (Å²) in [4.78, 5) is 22.0. The lowest BCUT2D eigenvalue weighted by atomic mass is 9.92. The Morgan fingerprint density at radius 2 is 1.60 bits per heavy atom. The highest BCUT2D eigenvalue weighted by atomic mass is 16.1. The molecule has 0 aromatic heterocycles. The Labute approximate surface area is 93.4 Å². The van der Waals surface area contributed by atoms with Crippen LogP contribution in [0.15, 0.2) is 0 Å². The van der Waals surface area contributed by atoms with E-state index in [1.807, 2.05) is 0 Å². The van der Waals surface area contributed by atoms with Crippen molar-refractivity contribution in [3.8, 4) is 0 Å². The molecule has 1 atom stereocenters. The lowest BCUT2D eigenvalue weighted by Crippen LogP contribution is -2.10. The first kappa shape index (κ1) is 14.3. The van der Waals surface area contributed by atoms with Gasteiger partial charge >= 0.3 is 0 Å². The fraction of sp³-hybridized carbons (Fsp3) is 0.846. The van der Waals surface area contributed by atoms with E-state index in [1.165, 1.54) is 0 Å². The van der Waals surface area contributed by atoms with Crippen LogP contribution in [-0.4, -0.2) is 11.6 Å². The molecule has 2 heteroatoms. The summed E-state index contributed by atoms with van der Waals surface area (Å²) in [6.07, 6.45) is 6.87. The lowest BCUT2D eigenvalue weighted by Gasteiger charge is -2.12. The summed E-state index contributed by atoms with van der Waals surface area (Å²) in [5.41, 5.74) is 0. The van der Waals surface area contributed by atoms with Crippen molar-refractivity contribution < 1.29 is 9.59 Å². The molecule has 0 rings (SSSR count). The Morgan fingerprint density at radius 1 is 1.00 bits per heavy atom. The molecule has 0 aromatic carbocycles. The maximum absolute atomic E-state index is 11.3. The third-order valence-corrected chi connectivity index (χ3v) is 2.81. The highest BCUT2D eigenvalue weighted by molar-refractivity contribution is 5.78. The number of hydrogen-bond acceptors (Lipinski definition) is 2. The van der Waals surface area contributed by atoms with Crippen LogP contribution in [0.4, 0.5) is 0 Å². The van der Waals surface area contributed by atoms with Gasteiger partial charge in [-0.2, -0.15) is 0 Å². The van der Waals surface area contributed by atoms with E-state index in [0.717, 1.165) is 38.5 Å². The van der Waals surface area contributed by atoms with E-state index in [2.05, 4.69) is 6.92 Å². The van der Waals surface area contributed by atoms with Crippen LogP contribution in [0.3, 0.4) is 0 Å². The van der Waals surface area contributed by atoms with Crippen LogP contribution < -0.4 is 0 Å². The van der Waals surface area contributed by atoms with E-state index >= 15 is 0 Å². The second-order valence-corrected chi connectivity index (χ2v) is 4.40. The molecule has 0 aliphatic heterocycles. The third-order valence-electron chi connectivity index (χ3n) is 2.81. The van der Waals surface area contributed by atoms with Crippen LogP contribution in [0, 0.1) is 5.92 Å². The molecule has 0 aliphatic rings. The Kier molecular flexibility index (Phi) is 8.25. The van der Waals surface area contributed by atoms with Crippen molar-refractivity contribution in [2.45, 2.75) is 65.7 Å². The highest BCUT2D eigenvalue weighted by Gasteiger charge is 2.12. The zero-order valence-electron chi connectivity index (χ0n) is 10.3. The molecule has 0 N–H and O–H groups in total. The largest absolute Gasteiger partial charge is 0.300 e. The molecule has 0 aromatic rings. The summed E-state index contributed by atoms with van der Waals surface area (Å²) in [6, 6.07) is 0. The quantitative estimate of drug-likeness (QED) is 0.548. The lowest BCUT2D eigenvalue weighted by molar-refractivity contribution is -0.121. The topological polar surface area (TPSA) is 34.1 Å². The van der Waals surface area contributed by atoms with E-state index in [1.54, 1.807) is 13.8 Å². The van der Waals surface area contributed by atoms with Crippen LogP contribution in [0.1, 0.15) is 65.7 Å². The first-order valence-corrected chi connectivity index (χ1v) is 6.07. The first-order chi connectivity index (χ1) is 7.07. The first-order valence-electron chi connectivity index (χ1n) is 6.07. The summed E-state index contributed by atoms with van der Waals surface area (Å²) in [5.74, 6) is 0.797. The Bertz CT molecular complexity index is 197. The minimum atomic E-state index is 0.233. The number of rotatable bonds is 9. The molecule has 0 heterocycles. The summed E-state index contributed by atoms with van der Waals surface area (Å²) in [7, 11) is 0. The smallest absolute Gasteiger partial charge is 0.132 e. The van der Waals surface area contributed by atoms with Crippen LogP contribution in [-0.2, 0) is 9.59 Å².